The van der Waals surface area contributed by atoms with Crippen LogP contribution in [0.15, 0.2) is 57.9 Å². The molecule has 7 nitrogen and oxygen atoms in total. The summed E-state index contributed by atoms with van der Waals surface area (Å²) >= 11 is 3.28. The molecule has 0 atom stereocenters. The average molecular weight is 468 g/mol. The van der Waals surface area contributed by atoms with Gasteiger partial charge in [0, 0.05) is 29.3 Å². The van der Waals surface area contributed by atoms with E-state index in [0.29, 0.717) is 36.1 Å². The van der Waals surface area contributed by atoms with Crippen LogP contribution in [0, 0.1) is 0 Å². The van der Waals surface area contributed by atoms with Crippen molar-refractivity contribution in [2.45, 2.75) is 23.8 Å². The van der Waals surface area contributed by atoms with Gasteiger partial charge in [-0.3, -0.25) is 0 Å². The molecule has 1 saturated heterocycles. The zero-order chi connectivity index (χ0) is 20.1. The Labute approximate surface area is 173 Å². The molecular formula is C19H22BrN3O4S. The Balaban J connectivity index is 1.53. The van der Waals surface area contributed by atoms with Gasteiger partial charge in [-0.05, 0) is 65.2 Å². The Morgan fingerprint density at radius 3 is 2.36 bits per heavy atom. The molecule has 0 saturated carbocycles. The van der Waals surface area contributed by atoms with Crippen LogP contribution in [0.1, 0.15) is 12.8 Å². The van der Waals surface area contributed by atoms with E-state index in [1.54, 1.807) is 60.5 Å². The van der Waals surface area contributed by atoms with Gasteiger partial charge in [0.2, 0.25) is 10.0 Å². The highest BCUT2D eigenvalue weighted by molar-refractivity contribution is 9.10. The number of rotatable bonds is 5. The number of ether oxygens (including phenoxy) is 1. The summed E-state index contributed by atoms with van der Waals surface area (Å²) in [5.74, 6) is 0.719. The zero-order valence-electron chi connectivity index (χ0n) is 15.4. The molecule has 0 unspecified atom stereocenters. The predicted octanol–water partition coefficient (Wildman–Crippen LogP) is 3.43. The second-order valence-corrected chi connectivity index (χ2v) is 9.01. The minimum absolute atomic E-state index is 0.197. The molecule has 2 aromatic rings. The van der Waals surface area contributed by atoms with Gasteiger partial charge in [-0.25, -0.2) is 17.9 Å². The summed E-state index contributed by atoms with van der Waals surface area (Å²) in [5, 5.41) is 2.85. The number of hydrogen-bond donors (Lipinski definition) is 2. The monoisotopic (exact) mass is 467 g/mol. The number of nitrogens with zero attached hydrogens (tertiary/aromatic N) is 1. The van der Waals surface area contributed by atoms with Gasteiger partial charge in [0.25, 0.3) is 0 Å². The van der Waals surface area contributed by atoms with Crippen LogP contribution < -0.4 is 14.8 Å². The summed E-state index contributed by atoms with van der Waals surface area (Å²) in [6.07, 6.45) is 1.11. The molecule has 0 spiro atoms. The maximum atomic E-state index is 12.6. The predicted molar refractivity (Wildman–Crippen MR) is 111 cm³/mol. The minimum Gasteiger partial charge on any atom is -0.497 e. The van der Waals surface area contributed by atoms with Gasteiger partial charge in [0.15, 0.2) is 0 Å². The van der Waals surface area contributed by atoms with E-state index in [2.05, 4.69) is 26.0 Å². The summed E-state index contributed by atoms with van der Waals surface area (Å²) in [4.78, 5) is 14.3. The van der Waals surface area contributed by atoms with E-state index in [9.17, 15) is 13.2 Å². The molecule has 1 aliphatic heterocycles. The first-order valence-electron chi connectivity index (χ1n) is 8.86. The molecule has 1 heterocycles. The van der Waals surface area contributed by atoms with Gasteiger partial charge in [0.1, 0.15) is 5.75 Å². The number of urea groups is 1. The third-order valence-corrected chi connectivity index (χ3v) is 7.10. The van der Waals surface area contributed by atoms with Crippen molar-refractivity contribution in [3.63, 3.8) is 0 Å². The third kappa shape index (κ3) is 5.03. The van der Waals surface area contributed by atoms with Gasteiger partial charge in [-0.15, -0.1) is 0 Å². The van der Waals surface area contributed by atoms with Crippen molar-refractivity contribution >= 4 is 37.7 Å². The summed E-state index contributed by atoms with van der Waals surface area (Å²) in [6.45, 7) is 0.955. The molecule has 0 aliphatic carbocycles. The van der Waals surface area contributed by atoms with Crippen LogP contribution in [0.3, 0.4) is 0 Å². The summed E-state index contributed by atoms with van der Waals surface area (Å²) in [5.41, 5.74) is 0.683. The third-order valence-electron chi connectivity index (χ3n) is 4.57. The smallest absolute Gasteiger partial charge is 0.321 e. The highest BCUT2D eigenvalue weighted by Gasteiger charge is 2.27. The quantitative estimate of drug-likeness (QED) is 0.704. The topological polar surface area (TPSA) is 87.7 Å². The Bertz CT molecular complexity index is 926. The Morgan fingerprint density at radius 1 is 1.11 bits per heavy atom. The number of halogens is 1. The second kappa shape index (κ2) is 8.93. The normalized spacial score (nSPS) is 15.3. The van der Waals surface area contributed by atoms with Crippen molar-refractivity contribution in [2.75, 3.05) is 25.5 Å². The highest BCUT2D eigenvalue weighted by atomic mass is 79.9. The summed E-state index contributed by atoms with van der Waals surface area (Å²) in [6, 6.07) is 13.4. The van der Waals surface area contributed by atoms with E-state index in [4.69, 9.17) is 4.74 Å². The molecular weight excluding hydrogens is 446 g/mol. The first-order valence-corrected chi connectivity index (χ1v) is 11.1. The largest absolute Gasteiger partial charge is 0.497 e. The lowest BCUT2D eigenvalue weighted by Gasteiger charge is -2.32. The number of likely N-dealkylation sites (tertiary alicyclic amines) is 1. The fraction of sp³-hybridized carbons (Fsp3) is 0.316. The molecule has 3 rings (SSSR count). The van der Waals surface area contributed by atoms with Crippen molar-refractivity contribution in [1.82, 2.24) is 9.62 Å². The Hall–Kier alpha value is -2.10. The maximum absolute atomic E-state index is 12.6. The second-order valence-electron chi connectivity index (χ2n) is 6.47. The first-order chi connectivity index (χ1) is 13.4. The van der Waals surface area contributed by atoms with E-state index in [0.717, 1.165) is 5.75 Å². The Kier molecular flexibility index (Phi) is 6.58. The number of anilines is 1. The van der Waals surface area contributed by atoms with E-state index in [-0.39, 0.29) is 17.0 Å². The molecule has 28 heavy (non-hydrogen) atoms. The average Bonchev–Trinajstić information content (AvgIpc) is 2.69. The number of nitrogens with one attached hydrogen (secondary N) is 2. The fourth-order valence-electron chi connectivity index (χ4n) is 3.02. The Morgan fingerprint density at radius 2 is 1.75 bits per heavy atom. The number of sulfonamides is 1. The van der Waals surface area contributed by atoms with Crippen molar-refractivity contribution in [1.29, 1.82) is 0 Å². The van der Waals surface area contributed by atoms with Crippen LogP contribution in [0.25, 0.3) is 0 Å². The molecule has 1 fully saturated rings. The van der Waals surface area contributed by atoms with E-state index in [1.165, 1.54) is 0 Å². The lowest BCUT2D eigenvalue weighted by molar-refractivity contribution is 0.193. The molecule has 2 N–H and O–H groups in total. The maximum Gasteiger partial charge on any atom is 0.321 e. The van der Waals surface area contributed by atoms with Gasteiger partial charge in [0.05, 0.1) is 12.0 Å². The molecule has 0 aromatic heterocycles. The molecule has 9 heteroatoms. The number of hydrogen-bond acceptors (Lipinski definition) is 4. The van der Waals surface area contributed by atoms with E-state index >= 15 is 0 Å². The van der Waals surface area contributed by atoms with Crippen LogP contribution in [-0.4, -0.2) is 45.6 Å². The van der Waals surface area contributed by atoms with E-state index < -0.39 is 10.0 Å². The standard InChI is InChI=1S/C19H22BrN3O4S/c1-27-16-8-6-14(7-9-16)21-19(24)23-12-10-15(11-13-23)22-28(25,26)18-5-3-2-4-17(18)20/h2-9,15,22H,10-13H2,1H3,(H,21,24). The van der Waals surface area contributed by atoms with Gasteiger partial charge < -0.3 is 15.0 Å². The lowest BCUT2D eigenvalue weighted by atomic mass is 10.1. The minimum atomic E-state index is -3.61. The van der Waals surface area contributed by atoms with Crippen molar-refractivity contribution in [2.24, 2.45) is 0 Å². The number of benzene rings is 2. The van der Waals surface area contributed by atoms with Gasteiger partial charge in [-0.1, -0.05) is 12.1 Å². The number of carbonyl (C=O) groups is 1. The van der Waals surface area contributed by atoms with Crippen molar-refractivity contribution in [3.8, 4) is 5.75 Å². The molecule has 0 radical (unpaired) electrons. The molecule has 2 amide bonds. The molecule has 150 valence electrons. The van der Waals surface area contributed by atoms with Crippen LogP contribution in [0.5, 0.6) is 5.75 Å². The summed E-state index contributed by atoms with van der Waals surface area (Å²) < 4.78 is 33.5. The van der Waals surface area contributed by atoms with Crippen LogP contribution in [0.4, 0.5) is 10.5 Å². The fourth-order valence-corrected chi connectivity index (χ4v) is 5.33. The van der Waals surface area contributed by atoms with Crippen LogP contribution in [-0.2, 0) is 10.0 Å². The van der Waals surface area contributed by atoms with Crippen molar-refractivity contribution < 1.29 is 17.9 Å². The van der Waals surface area contributed by atoms with Crippen molar-refractivity contribution in [3.05, 3.63) is 53.0 Å². The number of methoxy groups -OCH3 is 1. The molecule has 1 aliphatic rings. The number of piperidine rings is 1. The number of carbonyl (C=O) groups excluding carboxylic acids is 1. The van der Waals surface area contributed by atoms with E-state index in [1.807, 2.05) is 0 Å². The SMILES string of the molecule is COc1ccc(NC(=O)N2CCC(NS(=O)(=O)c3ccccc3Br)CC2)cc1. The lowest BCUT2D eigenvalue weighted by Crippen LogP contribution is -2.47. The van der Waals surface area contributed by atoms with Crippen LogP contribution in [0.2, 0.25) is 0 Å². The molecule has 0 bridgehead atoms. The van der Waals surface area contributed by atoms with Gasteiger partial charge >= 0.3 is 6.03 Å². The molecule has 2 aromatic carbocycles. The number of amides is 2. The van der Waals surface area contributed by atoms with Crippen LogP contribution >= 0.6 is 15.9 Å². The first kappa shape index (κ1) is 20.6. The summed E-state index contributed by atoms with van der Waals surface area (Å²) in [7, 11) is -2.03. The zero-order valence-corrected chi connectivity index (χ0v) is 17.8. The van der Waals surface area contributed by atoms with Gasteiger partial charge in [-0.2, -0.15) is 0 Å². The highest BCUT2D eigenvalue weighted by Crippen LogP contribution is 2.23.